The first kappa shape index (κ1) is 12.3. The van der Waals surface area contributed by atoms with Gasteiger partial charge in [-0.1, -0.05) is 0 Å². The van der Waals surface area contributed by atoms with Crippen LogP contribution >= 0.6 is 22.6 Å². The molecule has 0 atom stereocenters. The maximum atomic E-state index is 11.8. The number of rotatable bonds is 1. The van der Waals surface area contributed by atoms with E-state index in [0.717, 1.165) is 3.57 Å². The Bertz CT molecular complexity index is 383. The molecule has 0 aliphatic carbocycles. The molecule has 82 valence electrons. The standard InChI is InChI=1S/C11H14INO2/c1-11(2,3)13-10(15)8-6-7(12)4-5-9(8)14/h4-6,14H,1-3H3,(H,13,15). The third-order valence-corrected chi connectivity index (χ3v) is 2.36. The van der Waals surface area contributed by atoms with Gasteiger partial charge in [-0.05, 0) is 61.6 Å². The minimum Gasteiger partial charge on any atom is -0.507 e. The first-order chi connectivity index (χ1) is 6.79. The van der Waals surface area contributed by atoms with Crippen molar-refractivity contribution in [2.75, 3.05) is 0 Å². The second kappa shape index (κ2) is 4.38. The summed E-state index contributed by atoms with van der Waals surface area (Å²) in [5, 5.41) is 12.3. The van der Waals surface area contributed by atoms with Crippen LogP contribution in [0.2, 0.25) is 0 Å². The first-order valence-corrected chi connectivity index (χ1v) is 5.68. The van der Waals surface area contributed by atoms with Gasteiger partial charge in [-0.3, -0.25) is 4.79 Å². The molecule has 15 heavy (non-hydrogen) atoms. The zero-order valence-electron chi connectivity index (χ0n) is 8.97. The number of amides is 1. The fourth-order valence-electron chi connectivity index (χ4n) is 1.10. The van der Waals surface area contributed by atoms with E-state index in [-0.39, 0.29) is 17.2 Å². The summed E-state index contributed by atoms with van der Waals surface area (Å²) in [5.74, 6) is -0.240. The number of carbonyl (C=O) groups is 1. The quantitative estimate of drug-likeness (QED) is 0.782. The van der Waals surface area contributed by atoms with Gasteiger partial charge in [0.2, 0.25) is 0 Å². The van der Waals surface area contributed by atoms with Crippen molar-refractivity contribution in [2.45, 2.75) is 26.3 Å². The number of halogens is 1. The first-order valence-electron chi connectivity index (χ1n) is 4.60. The maximum Gasteiger partial charge on any atom is 0.255 e. The van der Waals surface area contributed by atoms with Crippen LogP contribution in [0.25, 0.3) is 0 Å². The Morgan fingerprint density at radius 3 is 2.53 bits per heavy atom. The number of phenols is 1. The molecule has 0 unspecified atom stereocenters. The van der Waals surface area contributed by atoms with E-state index in [1.54, 1.807) is 12.1 Å². The molecule has 2 N–H and O–H groups in total. The summed E-state index contributed by atoms with van der Waals surface area (Å²) in [6.07, 6.45) is 0. The van der Waals surface area contributed by atoms with Crippen molar-refractivity contribution in [1.29, 1.82) is 0 Å². The van der Waals surface area contributed by atoms with Gasteiger partial charge in [0, 0.05) is 9.11 Å². The van der Waals surface area contributed by atoms with Gasteiger partial charge in [0.15, 0.2) is 0 Å². The van der Waals surface area contributed by atoms with E-state index >= 15 is 0 Å². The highest BCUT2D eigenvalue weighted by Crippen LogP contribution is 2.20. The maximum absolute atomic E-state index is 11.8. The van der Waals surface area contributed by atoms with Crippen LogP contribution in [-0.4, -0.2) is 16.6 Å². The average Bonchev–Trinajstić information content (AvgIpc) is 2.06. The predicted molar refractivity (Wildman–Crippen MR) is 68.0 cm³/mol. The Hall–Kier alpha value is -0.780. The second-order valence-electron chi connectivity index (χ2n) is 4.37. The molecule has 0 fully saturated rings. The van der Waals surface area contributed by atoms with Crippen LogP contribution in [0.3, 0.4) is 0 Å². The fraction of sp³-hybridized carbons (Fsp3) is 0.364. The number of hydrogen-bond donors (Lipinski definition) is 2. The minimum atomic E-state index is -0.301. The van der Waals surface area contributed by atoms with Gasteiger partial charge in [-0.2, -0.15) is 0 Å². The van der Waals surface area contributed by atoms with Crippen LogP contribution in [0.1, 0.15) is 31.1 Å². The molecule has 0 aromatic heterocycles. The topological polar surface area (TPSA) is 49.3 Å². The number of nitrogens with one attached hydrogen (secondary N) is 1. The van der Waals surface area contributed by atoms with Crippen molar-refractivity contribution in [3.05, 3.63) is 27.3 Å². The molecule has 1 rings (SSSR count). The van der Waals surface area contributed by atoms with Crippen molar-refractivity contribution in [2.24, 2.45) is 0 Å². The summed E-state index contributed by atoms with van der Waals surface area (Å²) < 4.78 is 0.921. The summed E-state index contributed by atoms with van der Waals surface area (Å²) in [6, 6.07) is 4.94. The average molecular weight is 319 g/mol. The van der Waals surface area contributed by atoms with E-state index in [1.165, 1.54) is 6.07 Å². The summed E-state index contributed by atoms with van der Waals surface area (Å²) in [7, 11) is 0. The zero-order chi connectivity index (χ0) is 11.6. The van der Waals surface area contributed by atoms with E-state index in [1.807, 2.05) is 20.8 Å². The molecular weight excluding hydrogens is 305 g/mol. The molecule has 0 radical (unpaired) electrons. The van der Waals surface area contributed by atoms with Crippen LogP contribution < -0.4 is 5.32 Å². The van der Waals surface area contributed by atoms with Crippen molar-refractivity contribution < 1.29 is 9.90 Å². The molecule has 3 nitrogen and oxygen atoms in total. The van der Waals surface area contributed by atoms with Crippen molar-refractivity contribution in [1.82, 2.24) is 5.32 Å². The molecule has 1 amide bonds. The van der Waals surface area contributed by atoms with Gasteiger partial charge < -0.3 is 10.4 Å². The largest absolute Gasteiger partial charge is 0.507 e. The lowest BCUT2D eigenvalue weighted by Crippen LogP contribution is -2.40. The van der Waals surface area contributed by atoms with Crippen molar-refractivity contribution in [3.8, 4) is 5.75 Å². The number of aromatic hydroxyl groups is 1. The Morgan fingerprint density at radius 1 is 1.40 bits per heavy atom. The summed E-state index contributed by atoms with van der Waals surface area (Å²) >= 11 is 2.10. The Morgan fingerprint density at radius 2 is 2.00 bits per heavy atom. The fourth-order valence-corrected chi connectivity index (χ4v) is 1.59. The Balaban J connectivity index is 2.96. The van der Waals surface area contributed by atoms with Crippen LogP contribution in [0, 0.1) is 3.57 Å². The number of benzene rings is 1. The van der Waals surface area contributed by atoms with Gasteiger partial charge in [-0.15, -0.1) is 0 Å². The van der Waals surface area contributed by atoms with Gasteiger partial charge in [0.25, 0.3) is 5.91 Å². The van der Waals surface area contributed by atoms with Gasteiger partial charge in [-0.25, -0.2) is 0 Å². The summed E-state index contributed by atoms with van der Waals surface area (Å²) in [4.78, 5) is 11.8. The molecule has 0 aliphatic rings. The molecule has 1 aromatic carbocycles. The molecule has 0 saturated heterocycles. The number of carbonyl (C=O) groups excluding carboxylic acids is 1. The van der Waals surface area contributed by atoms with Crippen LogP contribution in [0.15, 0.2) is 18.2 Å². The second-order valence-corrected chi connectivity index (χ2v) is 5.61. The summed E-state index contributed by atoms with van der Waals surface area (Å²) in [5.41, 5.74) is 0.0157. The summed E-state index contributed by atoms with van der Waals surface area (Å²) in [6.45, 7) is 5.70. The lowest BCUT2D eigenvalue weighted by Gasteiger charge is -2.20. The van der Waals surface area contributed by atoms with E-state index < -0.39 is 0 Å². The zero-order valence-corrected chi connectivity index (χ0v) is 11.1. The Labute approximate surface area is 103 Å². The van der Waals surface area contributed by atoms with E-state index in [0.29, 0.717) is 5.56 Å². The van der Waals surface area contributed by atoms with Gasteiger partial charge >= 0.3 is 0 Å². The van der Waals surface area contributed by atoms with Gasteiger partial charge in [0.05, 0.1) is 5.56 Å². The van der Waals surface area contributed by atoms with Crippen LogP contribution in [-0.2, 0) is 0 Å². The van der Waals surface area contributed by atoms with Crippen molar-refractivity contribution in [3.63, 3.8) is 0 Å². The SMILES string of the molecule is CC(C)(C)NC(=O)c1cc(I)ccc1O. The van der Waals surface area contributed by atoms with Gasteiger partial charge in [0.1, 0.15) is 5.75 Å². The molecular formula is C11H14INO2. The number of hydrogen-bond acceptors (Lipinski definition) is 2. The lowest BCUT2D eigenvalue weighted by molar-refractivity contribution is 0.0917. The molecule has 0 bridgehead atoms. The molecule has 0 heterocycles. The van der Waals surface area contributed by atoms with E-state index in [2.05, 4.69) is 27.9 Å². The lowest BCUT2D eigenvalue weighted by atomic mass is 10.1. The van der Waals surface area contributed by atoms with E-state index in [4.69, 9.17) is 0 Å². The molecule has 0 spiro atoms. The van der Waals surface area contributed by atoms with Crippen LogP contribution in [0.5, 0.6) is 5.75 Å². The molecule has 4 heteroatoms. The molecule has 1 aromatic rings. The Kier molecular flexibility index (Phi) is 3.59. The monoisotopic (exact) mass is 319 g/mol. The predicted octanol–water partition coefficient (Wildman–Crippen LogP) is 2.53. The highest BCUT2D eigenvalue weighted by atomic mass is 127. The minimum absolute atomic E-state index is 0.0113. The highest BCUT2D eigenvalue weighted by molar-refractivity contribution is 14.1. The third-order valence-electron chi connectivity index (χ3n) is 1.69. The smallest absolute Gasteiger partial charge is 0.255 e. The van der Waals surface area contributed by atoms with Crippen LogP contribution in [0.4, 0.5) is 0 Å². The third kappa shape index (κ3) is 3.70. The van der Waals surface area contributed by atoms with Crippen molar-refractivity contribution >= 4 is 28.5 Å². The highest BCUT2D eigenvalue weighted by Gasteiger charge is 2.17. The normalized spacial score (nSPS) is 11.2. The van der Waals surface area contributed by atoms with E-state index in [9.17, 15) is 9.90 Å². The number of phenolic OH excluding ortho intramolecular Hbond substituents is 1. The molecule has 0 saturated carbocycles. The molecule has 0 aliphatic heterocycles.